The highest BCUT2D eigenvalue weighted by Crippen LogP contribution is 2.00. The fourth-order valence-electron chi connectivity index (χ4n) is 1.48. The van der Waals surface area contributed by atoms with Gasteiger partial charge in [0.2, 0.25) is 0 Å². The van der Waals surface area contributed by atoms with Gasteiger partial charge in [0.05, 0.1) is 6.61 Å². The van der Waals surface area contributed by atoms with Gasteiger partial charge in [-0.2, -0.15) is 0 Å². The van der Waals surface area contributed by atoms with Gasteiger partial charge in [-0.3, -0.25) is 10.1 Å². The molecule has 0 aliphatic heterocycles. The largest absolute Gasteiger partial charge is 0.471 e. The number of hydrogen-bond acceptors (Lipinski definition) is 3. The zero-order valence-electron chi connectivity index (χ0n) is 10.6. The molecule has 3 nitrogen and oxygen atoms in total. The van der Waals surface area contributed by atoms with E-state index in [1.54, 1.807) is 12.1 Å². The van der Waals surface area contributed by atoms with Crippen molar-refractivity contribution < 1.29 is 9.53 Å². The van der Waals surface area contributed by atoms with E-state index in [1.807, 2.05) is 18.2 Å². The van der Waals surface area contributed by atoms with Crippen LogP contribution >= 0.6 is 12.2 Å². The third kappa shape index (κ3) is 5.77. The first kappa shape index (κ1) is 14.6. The van der Waals surface area contributed by atoms with Gasteiger partial charge >= 0.3 is 0 Å². The van der Waals surface area contributed by atoms with Crippen LogP contribution in [0.25, 0.3) is 0 Å². The second-order valence-corrected chi connectivity index (χ2v) is 4.39. The predicted molar refractivity (Wildman–Crippen MR) is 76.6 cm³/mol. The monoisotopic (exact) mass is 265 g/mol. The molecule has 0 bridgehead atoms. The summed E-state index contributed by atoms with van der Waals surface area (Å²) in [6.07, 6.45) is 4.49. The maximum Gasteiger partial charge on any atom is 0.263 e. The third-order valence-corrected chi connectivity index (χ3v) is 2.70. The summed E-state index contributed by atoms with van der Waals surface area (Å²) in [6, 6.07) is 8.95. The fourth-order valence-corrected chi connectivity index (χ4v) is 1.66. The molecule has 1 aromatic carbocycles. The number of carbonyl (C=O) groups excluding carboxylic acids is 1. The molecule has 0 spiro atoms. The molecule has 1 N–H and O–H groups in total. The van der Waals surface area contributed by atoms with Crippen molar-refractivity contribution in [1.82, 2.24) is 5.32 Å². The number of benzene rings is 1. The summed E-state index contributed by atoms with van der Waals surface area (Å²) in [5.41, 5.74) is 0.578. The number of unbranched alkanes of at least 4 members (excludes halogenated alkanes) is 3. The van der Waals surface area contributed by atoms with Crippen LogP contribution in [0.4, 0.5) is 0 Å². The molecule has 0 radical (unpaired) electrons. The molecule has 0 aliphatic carbocycles. The Balaban J connectivity index is 2.22. The zero-order chi connectivity index (χ0) is 13.2. The van der Waals surface area contributed by atoms with Crippen LogP contribution in [0.3, 0.4) is 0 Å². The highest BCUT2D eigenvalue weighted by Gasteiger charge is 2.07. The summed E-state index contributed by atoms with van der Waals surface area (Å²) in [4.78, 5) is 11.7. The van der Waals surface area contributed by atoms with Gasteiger partial charge in [-0.15, -0.1) is 0 Å². The molecule has 0 fully saturated rings. The van der Waals surface area contributed by atoms with E-state index in [-0.39, 0.29) is 11.1 Å². The van der Waals surface area contributed by atoms with Gasteiger partial charge < -0.3 is 4.74 Å². The lowest BCUT2D eigenvalue weighted by molar-refractivity contribution is 0.0967. The van der Waals surface area contributed by atoms with Crippen molar-refractivity contribution in [2.24, 2.45) is 0 Å². The van der Waals surface area contributed by atoms with Crippen LogP contribution in [0.15, 0.2) is 30.3 Å². The average molecular weight is 265 g/mol. The molecular formula is C14H19NO2S. The molecule has 0 saturated carbocycles. The van der Waals surface area contributed by atoms with E-state index in [1.165, 1.54) is 12.8 Å². The highest BCUT2D eigenvalue weighted by molar-refractivity contribution is 7.80. The van der Waals surface area contributed by atoms with E-state index in [4.69, 9.17) is 17.0 Å². The van der Waals surface area contributed by atoms with Crippen molar-refractivity contribution in [3.63, 3.8) is 0 Å². The molecule has 1 amide bonds. The van der Waals surface area contributed by atoms with E-state index in [2.05, 4.69) is 12.2 Å². The maximum atomic E-state index is 11.7. The van der Waals surface area contributed by atoms with Crippen LogP contribution < -0.4 is 5.32 Å². The Kier molecular flexibility index (Phi) is 7.03. The number of hydrogen-bond donors (Lipinski definition) is 1. The quantitative estimate of drug-likeness (QED) is 0.633. The zero-order valence-corrected chi connectivity index (χ0v) is 11.5. The van der Waals surface area contributed by atoms with Crippen molar-refractivity contribution in [3.8, 4) is 0 Å². The molecule has 0 aliphatic rings. The smallest absolute Gasteiger partial charge is 0.263 e. The van der Waals surface area contributed by atoms with Crippen molar-refractivity contribution in [1.29, 1.82) is 0 Å². The Bertz CT molecular complexity index is 379. The van der Waals surface area contributed by atoms with Crippen molar-refractivity contribution >= 4 is 23.3 Å². The summed E-state index contributed by atoms with van der Waals surface area (Å²) in [5.74, 6) is -0.228. The molecule has 98 valence electrons. The van der Waals surface area contributed by atoms with Crippen LogP contribution in [0.5, 0.6) is 0 Å². The predicted octanol–water partition coefficient (Wildman–Crippen LogP) is 3.30. The van der Waals surface area contributed by atoms with Crippen molar-refractivity contribution in [3.05, 3.63) is 35.9 Å². The molecule has 0 aromatic heterocycles. The number of amides is 1. The van der Waals surface area contributed by atoms with Gasteiger partial charge in [-0.25, -0.2) is 0 Å². The first-order chi connectivity index (χ1) is 8.74. The Morgan fingerprint density at radius 2 is 1.94 bits per heavy atom. The van der Waals surface area contributed by atoms with Crippen LogP contribution in [-0.2, 0) is 4.74 Å². The van der Waals surface area contributed by atoms with Gasteiger partial charge in [0.25, 0.3) is 11.1 Å². The second-order valence-electron chi connectivity index (χ2n) is 4.02. The summed E-state index contributed by atoms with van der Waals surface area (Å²) in [7, 11) is 0. The van der Waals surface area contributed by atoms with Gasteiger partial charge in [0.1, 0.15) is 0 Å². The summed E-state index contributed by atoms with van der Waals surface area (Å²) >= 11 is 4.95. The minimum atomic E-state index is -0.228. The normalized spacial score (nSPS) is 9.83. The van der Waals surface area contributed by atoms with Gasteiger partial charge in [0.15, 0.2) is 0 Å². The number of nitrogens with one attached hydrogen (secondary N) is 1. The molecule has 4 heteroatoms. The standard InChI is InChI=1S/C14H19NO2S/c1-2-3-4-8-11-17-14(18)15-13(16)12-9-6-5-7-10-12/h5-7,9-10H,2-4,8,11H2,1H3,(H,15,16,18). The Labute approximate surface area is 114 Å². The minimum Gasteiger partial charge on any atom is -0.471 e. The molecule has 0 unspecified atom stereocenters. The lowest BCUT2D eigenvalue weighted by Crippen LogP contribution is -2.31. The first-order valence-electron chi connectivity index (χ1n) is 6.27. The van der Waals surface area contributed by atoms with E-state index in [9.17, 15) is 4.79 Å². The molecule has 0 heterocycles. The molecule has 18 heavy (non-hydrogen) atoms. The SMILES string of the molecule is CCCCCCOC(=S)NC(=O)c1ccccc1. The summed E-state index contributed by atoms with van der Waals surface area (Å²) in [5, 5.41) is 2.71. The fraction of sp³-hybridized carbons (Fsp3) is 0.429. The van der Waals surface area contributed by atoms with Crippen molar-refractivity contribution in [2.45, 2.75) is 32.6 Å². The van der Waals surface area contributed by atoms with E-state index < -0.39 is 0 Å². The molecule has 1 rings (SSSR count). The van der Waals surface area contributed by atoms with Crippen molar-refractivity contribution in [2.75, 3.05) is 6.61 Å². The number of thiocarbonyl (C=S) groups is 1. The van der Waals surface area contributed by atoms with Crippen LogP contribution in [-0.4, -0.2) is 17.7 Å². The molecule has 1 aromatic rings. The van der Waals surface area contributed by atoms with E-state index in [0.29, 0.717) is 12.2 Å². The number of rotatable bonds is 6. The van der Waals surface area contributed by atoms with Gasteiger partial charge in [-0.05, 0) is 30.8 Å². The second kappa shape index (κ2) is 8.64. The van der Waals surface area contributed by atoms with E-state index in [0.717, 1.165) is 12.8 Å². The average Bonchev–Trinajstić information content (AvgIpc) is 2.39. The third-order valence-electron chi connectivity index (χ3n) is 2.48. The number of ether oxygens (including phenoxy) is 1. The molecule has 0 saturated heterocycles. The van der Waals surface area contributed by atoms with Gasteiger partial charge in [-0.1, -0.05) is 44.4 Å². The Morgan fingerprint density at radius 1 is 1.22 bits per heavy atom. The lowest BCUT2D eigenvalue weighted by atomic mass is 10.2. The van der Waals surface area contributed by atoms with E-state index >= 15 is 0 Å². The van der Waals surface area contributed by atoms with Crippen LogP contribution in [0.2, 0.25) is 0 Å². The Morgan fingerprint density at radius 3 is 2.61 bits per heavy atom. The highest BCUT2D eigenvalue weighted by atomic mass is 32.1. The van der Waals surface area contributed by atoms with Crippen LogP contribution in [0, 0.1) is 0 Å². The first-order valence-corrected chi connectivity index (χ1v) is 6.68. The molecule has 0 atom stereocenters. The minimum absolute atomic E-state index is 0.153. The summed E-state index contributed by atoms with van der Waals surface area (Å²) in [6.45, 7) is 2.72. The number of carbonyl (C=O) groups is 1. The van der Waals surface area contributed by atoms with Gasteiger partial charge in [0, 0.05) is 5.56 Å². The maximum absolute atomic E-state index is 11.7. The Hall–Kier alpha value is -1.42. The molecular weight excluding hydrogens is 246 g/mol. The summed E-state index contributed by atoms with van der Waals surface area (Å²) < 4.78 is 5.28. The lowest BCUT2D eigenvalue weighted by Gasteiger charge is -2.08. The van der Waals surface area contributed by atoms with Crippen LogP contribution in [0.1, 0.15) is 43.0 Å². The topological polar surface area (TPSA) is 38.3 Å².